The lowest BCUT2D eigenvalue weighted by Gasteiger charge is -2.23. The Morgan fingerprint density at radius 2 is 2.44 bits per heavy atom. The second-order valence-corrected chi connectivity index (χ2v) is 5.30. The van der Waals surface area contributed by atoms with Gasteiger partial charge in [0, 0.05) is 12.0 Å². The van der Waals surface area contributed by atoms with Crippen LogP contribution >= 0.6 is 11.3 Å². The highest BCUT2D eigenvalue weighted by Crippen LogP contribution is 2.28. The van der Waals surface area contributed by atoms with Crippen LogP contribution in [0.3, 0.4) is 0 Å². The molecule has 2 atom stereocenters. The molecule has 0 aliphatic carbocycles. The van der Waals surface area contributed by atoms with Crippen LogP contribution in [0.1, 0.15) is 25.1 Å². The molecule has 2 unspecified atom stereocenters. The van der Waals surface area contributed by atoms with E-state index >= 15 is 0 Å². The molecule has 3 heterocycles. The highest BCUT2D eigenvalue weighted by atomic mass is 32.1. The third kappa shape index (κ3) is 1.56. The largest absolute Gasteiger partial charge is 0.326 e. The fourth-order valence-corrected chi connectivity index (χ4v) is 2.87. The molecule has 0 fully saturated rings. The minimum atomic E-state index is 0.209. The van der Waals surface area contributed by atoms with E-state index in [2.05, 4.69) is 23.1 Å². The van der Waals surface area contributed by atoms with Crippen molar-refractivity contribution in [1.29, 1.82) is 0 Å². The van der Waals surface area contributed by atoms with E-state index in [9.17, 15) is 0 Å². The molecule has 2 N–H and O–H groups in total. The SMILES string of the molecule is CC1CC(N)Cn2nc(-c3cccs3)nc21. The van der Waals surface area contributed by atoms with Gasteiger partial charge in [0.05, 0.1) is 11.4 Å². The standard InChI is InChI=1S/C11H14N4S/c1-7-5-8(12)6-15-11(7)13-10(14-15)9-3-2-4-16-9/h2-4,7-8H,5-6,12H2,1H3. The van der Waals surface area contributed by atoms with Crippen molar-refractivity contribution in [2.75, 3.05) is 0 Å². The smallest absolute Gasteiger partial charge is 0.191 e. The number of hydrogen-bond donors (Lipinski definition) is 1. The van der Waals surface area contributed by atoms with E-state index in [0.717, 1.165) is 29.5 Å². The summed E-state index contributed by atoms with van der Waals surface area (Å²) in [5, 5.41) is 6.58. The van der Waals surface area contributed by atoms with Gasteiger partial charge < -0.3 is 5.73 Å². The number of aromatic nitrogens is 3. The molecule has 1 aliphatic rings. The zero-order valence-corrected chi connectivity index (χ0v) is 9.94. The topological polar surface area (TPSA) is 56.7 Å². The van der Waals surface area contributed by atoms with Crippen molar-refractivity contribution in [1.82, 2.24) is 14.8 Å². The summed E-state index contributed by atoms with van der Waals surface area (Å²) in [6, 6.07) is 4.28. The van der Waals surface area contributed by atoms with Gasteiger partial charge in [-0.05, 0) is 17.9 Å². The molecule has 5 heteroatoms. The first kappa shape index (κ1) is 9.99. The minimum Gasteiger partial charge on any atom is -0.326 e. The second kappa shape index (κ2) is 3.68. The maximum absolute atomic E-state index is 5.98. The highest BCUT2D eigenvalue weighted by molar-refractivity contribution is 7.13. The van der Waals surface area contributed by atoms with Gasteiger partial charge in [0.2, 0.25) is 0 Å². The van der Waals surface area contributed by atoms with Crippen LogP contribution in [0.5, 0.6) is 0 Å². The monoisotopic (exact) mass is 234 g/mol. The van der Waals surface area contributed by atoms with Crippen molar-refractivity contribution >= 4 is 11.3 Å². The summed E-state index contributed by atoms with van der Waals surface area (Å²) in [4.78, 5) is 5.74. The quantitative estimate of drug-likeness (QED) is 0.819. The highest BCUT2D eigenvalue weighted by Gasteiger charge is 2.25. The van der Waals surface area contributed by atoms with Crippen LogP contribution in [0.2, 0.25) is 0 Å². The van der Waals surface area contributed by atoms with Crippen molar-refractivity contribution in [2.45, 2.75) is 31.8 Å². The van der Waals surface area contributed by atoms with E-state index in [1.165, 1.54) is 0 Å². The number of hydrogen-bond acceptors (Lipinski definition) is 4. The summed E-state index contributed by atoms with van der Waals surface area (Å²) in [5.41, 5.74) is 5.98. The molecular formula is C11H14N4S. The van der Waals surface area contributed by atoms with Crippen LogP contribution in [0.4, 0.5) is 0 Å². The number of fused-ring (bicyclic) bond motifs is 1. The molecule has 2 aromatic heterocycles. The summed E-state index contributed by atoms with van der Waals surface area (Å²) in [6.07, 6.45) is 1.00. The lowest BCUT2D eigenvalue weighted by Crippen LogP contribution is -2.34. The van der Waals surface area contributed by atoms with E-state index in [-0.39, 0.29) is 6.04 Å². The number of rotatable bonds is 1. The number of nitrogens with two attached hydrogens (primary N) is 1. The Kier molecular flexibility index (Phi) is 2.29. The molecule has 0 saturated heterocycles. The Hall–Kier alpha value is -1.20. The van der Waals surface area contributed by atoms with Gasteiger partial charge >= 0.3 is 0 Å². The molecule has 2 aromatic rings. The van der Waals surface area contributed by atoms with Gasteiger partial charge in [-0.3, -0.25) is 0 Å². The molecule has 0 amide bonds. The molecule has 0 bridgehead atoms. The van der Waals surface area contributed by atoms with Gasteiger partial charge in [-0.15, -0.1) is 16.4 Å². The van der Waals surface area contributed by atoms with Crippen LogP contribution in [0, 0.1) is 0 Å². The fourth-order valence-electron chi connectivity index (χ4n) is 2.22. The van der Waals surface area contributed by atoms with Crippen LogP contribution in [-0.2, 0) is 6.54 Å². The lowest BCUT2D eigenvalue weighted by molar-refractivity contribution is 0.382. The maximum Gasteiger partial charge on any atom is 0.191 e. The van der Waals surface area contributed by atoms with Gasteiger partial charge in [-0.2, -0.15) is 0 Å². The molecule has 84 valence electrons. The average Bonchev–Trinajstić information content (AvgIpc) is 2.82. The first-order valence-corrected chi connectivity index (χ1v) is 6.36. The Balaban J connectivity index is 2.03. The zero-order valence-electron chi connectivity index (χ0n) is 9.13. The Bertz CT molecular complexity index is 488. The van der Waals surface area contributed by atoms with Crippen LogP contribution in [0.15, 0.2) is 17.5 Å². The van der Waals surface area contributed by atoms with Gasteiger partial charge in [0.1, 0.15) is 5.82 Å². The van der Waals surface area contributed by atoms with E-state index < -0.39 is 0 Å². The second-order valence-electron chi connectivity index (χ2n) is 4.35. The van der Waals surface area contributed by atoms with Gasteiger partial charge in [0.15, 0.2) is 5.82 Å². The fraction of sp³-hybridized carbons (Fsp3) is 0.455. The molecule has 0 saturated carbocycles. The van der Waals surface area contributed by atoms with E-state index in [1.807, 2.05) is 16.1 Å². The summed E-state index contributed by atoms with van der Waals surface area (Å²) in [5.74, 6) is 2.32. The molecule has 1 aliphatic heterocycles. The summed E-state index contributed by atoms with van der Waals surface area (Å²) in [6.45, 7) is 2.95. The average molecular weight is 234 g/mol. The Labute approximate surface area is 98.1 Å². The molecular weight excluding hydrogens is 220 g/mol. The van der Waals surface area contributed by atoms with Crippen LogP contribution in [0.25, 0.3) is 10.7 Å². The third-order valence-electron chi connectivity index (χ3n) is 2.95. The van der Waals surface area contributed by atoms with Crippen molar-refractivity contribution in [3.8, 4) is 10.7 Å². The van der Waals surface area contributed by atoms with Crippen molar-refractivity contribution < 1.29 is 0 Å². The molecule has 3 rings (SSSR count). The Morgan fingerprint density at radius 3 is 3.19 bits per heavy atom. The predicted octanol–water partition coefficient (Wildman–Crippen LogP) is 1.84. The van der Waals surface area contributed by atoms with Gasteiger partial charge in [-0.25, -0.2) is 9.67 Å². The van der Waals surface area contributed by atoms with Gasteiger partial charge in [-0.1, -0.05) is 13.0 Å². The van der Waals surface area contributed by atoms with Crippen molar-refractivity contribution in [3.05, 3.63) is 23.3 Å². The lowest BCUT2D eigenvalue weighted by atomic mass is 9.98. The summed E-state index contributed by atoms with van der Waals surface area (Å²) in [7, 11) is 0. The molecule has 0 aromatic carbocycles. The minimum absolute atomic E-state index is 0.209. The predicted molar refractivity (Wildman–Crippen MR) is 64.3 cm³/mol. The number of thiophene rings is 1. The third-order valence-corrected chi connectivity index (χ3v) is 3.81. The molecule has 0 radical (unpaired) electrons. The first-order chi connectivity index (χ1) is 7.74. The van der Waals surface area contributed by atoms with Crippen molar-refractivity contribution in [2.24, 2.45) is 5.73 Å². The maximum atomic E-state index is 5.98. The summed E-state index contributed by atoms with van der Waals surface area (Å²) < 4.78 is 1.97. The van der Waals surface area contributed by atoms with Gasteiger partial charge in [0.25, 0.3) is 0 Å². The van der Waals surface area contributed by atoms with Crippen molar-refractivity contribution in [3.63, 3.8) is 0 Å². The molecule has 16 heavy (non-hydrogen) atoms. The van der Waals surface area contributed by atoms with Crippen LogP contribution in [-0.4, -0.2) is 20.8 Å². The van der Waals surface area contributed by atoms with Crippen LogP contribution < -0.4 is 5.73 Å². The van der Waals surface area contributed by atoms with E-state index in [4.69, 9.17) is 5.73 Å². The number of nitrogens with zero attached hydrogens (tertiary/aromatic N) is 3. The summed E-state index contributed by atoms with van der Waals surface area (Å²) >= 11 is 1.67. The molecule has 0 spiro atoms. The zero-order chi connectivity index (χ0) is 11.1. The van der Waals surface area contributed by atoms with E-state index in [0.29, 0.717) is 5.92 Å². The Morgan fingerprint density at radius 1 is 1.56 bits per heavy atom. The van der Waals surface area contributed by atoms with E-state index in [1.54, 1.807) is 11.3 Å². The normalized spacial score (nSPS) is 24.4. The first-order valence-electron chi connectivity index (χ1n) is 5.48. The molecule has 4 nitrogen and oxygen atoms in total.